The maximum Gasteiger partial charge on any atom is 0.0702 e. The van der Waals surface area contributed by atoms with Crippen molar-refractivity contribution in [3.63, 3.8) is 0 Å². The zero-order chi connectivity index (χ0) is 13.0. The molecule has 3 heteroatoms. The van der Waals surface area contributed by atoms with E-state index in [9.17, 15) is 0 Å². The second-order valence-electron chi connectivity index (χ2n) is 6.54. The molecule has 0 radical (unpaired) electrons. The lowest BCUT2D eigenvalue weighted by Crippen LogP contribution is -2.57. The average Bonchev–Trinajstić information content (AvgIpc) is 2.33. The van der Waals surface area contributed by atoms with Crippen LogP contribution in [-0.2, 0) is 4.74 Å². The Morgan fingerprint density at radius 1 is 1.33 bits per heavy atom. The van der Waals surface area contributed by atoms with Gasteiger partial charge in [-0.05, 0) is 38.5 Å². The maximum absolute atomic E-state index is 5.91. The molecule has 3 nitrogen and oxygen atoms in total. The lowest BCUT2D eigenvalue weighted by Gasteiger charge is -2.42. The standard InChI is InChI=1S/C15H30N2O/c1-12(2)8-14-9-16-13(3)10-17(14)11-15-6-4-5-7-18-15/h12-16H,4-11H2,1-3H3. The van der Waals surface area contributed by atoms with Crippen molar-refractivity contribution >= 4 is 0 Å². The summed E-state index contributed by atoms with van der Waals surface area (Å²) in [6.45, 7) is 11.4. The van der Waals surface area contributed by atoms with Gasteiger partial charge in [0.2, 0.25) is 0 Å². The first-order valence-corrected chi connectivity index (χ1v) is 7.74. The predicted octanol–water partition coefficient (Wildman–Crippen LogP) is 2.26. The summed E-state index contributed by atoms with van der Waals surface area (Å²) < 4.78 is 5.91. The first-order chi connectivity index (χ1) is 8.65. The fourth-order valence-electron chi connectivity index (χ4n) is 3.24. The second-order valence-corrected chi connectivity index (χ2v) is 6.54. The molecule has 0 aromatic carbocycles. The van der Waals surface area contributed by atoms with Crippen molar-refractivity contribution in [1.29, 1.82) is 0 Å². The minimum absolute atomic E-state index is 0.485. The van der Waals surface area contributed by atoms with Gasteiger partial charge in [-0.15, -0.1) is 0 Å². The van der Waals surface area contributed by atoms with Crippen LogP contribution in [0.2, 0.25) is 0 Å². The van der Waals surface area contributed by atoms with Crippen LogP contribution >= 0.6 is 0 Å². The zero-order valence-electron chi connectivity index (χ0n) is 12.3. The molecule has 2 fully saturated rings. The van der Waals surface area contributed by atoms with Crippen molar-refractivity contribution in [2.75, 3.05) is 26.2 Å². The summed E-state index contributed by atoms with van der Waals surface area (Å²) >= 11 is 0. The number of ether oxygens (including phenoxy) is 1. The molecular weight excluding hydrogens is 224 g/mol. The van der Waals surface area contributed by atoms with Crippen LogP contribution in [0.15, 0.2) is 0 Å². The molecule has 0 aromatic rings. The molecule has 0 aromatic heterocycles. The molecule has 2 aliphatic heterocycles. The van der Waals surface area contributed by atoms with Gasteiger partial charge in [0.15, 0.2) is 0 Å². The Hall–Kier alpha value is -0.120. The summed E-state index contributed by atoms with van der Waals surface area (Å²) in [6.07, 6.45) is 5.64. The third-order valence-corrected chi connectivity index (χ3v) is 4.18. The summed E-state index contributed by atoms with van der Waals surface area (Å²) in [5.74, 6) is 0.778. The molecule has 1 N–H and O–H groups in total. The number of hydrogen-bond donors (Lipinski definition) is 1. The molecule has 0 aliphatic carbocycles. The summed E-state index contributed by atoms with van der Waals surface area (Å²) in [7, 11) is 0. The van der Waals surface area contributed by atoms with Crippen molar-refractivity contribution in [3.8, 4) is 0 Å². The molecule has 0 spiro atoms. The minimum atomic E-state index is 0.485. The Kier molecular flexibility index (Phi) is 5.46. The molecule has 0 amide bonds. The summed E-state index contributed by atoms with van der Waals surface area (Å²) in [4.78, 5) is 2.68. The molecule has 2 saturated heterocycles. The molecule has 2 heterocycles. The lowest BCUT2D eigenvalue weighted by molar-refractivity contribution is -0.0227. The zero-order valence-corrected chi connectivity index (χ0v) is 12.3. The van der Waals surface area contributed by atoms with Crippen molar-refractivity contribution in [1.82, 2.24) is 10.2 Å². The van der Waals surface area contributed by atoms with E-state index in [1.165, 1.54) is 32.2 Å². The van der Waals surface area contributed by atoms with E-state index in [2.05, 4.69) is 31.0 Å². The minimum Gasteiger partial charge on any atom is -0.377 e. The van der Waals surface area contributed by atoms with E-state index in [1.807, 2.05) is 0 Å². The fourth-order valence-corrected chi connectivity index (χ4v) is 3.24. The average molecular weight is 254 g/mol. The monoisotopic (exact) mass is 254 g/mol. The van der Waals surface area contributed by atoms with Crippen LogP contribution in [-0.4, -0.2) is 49.3 Å². The lowest BCUT2D eigenvalue weighted by atomic mass is 9.98. The van der Waals surface area contributed by atoms with E-state index >= 15 is 0 Å². The normalized spacial score (nSPS) is 35.0. The van der Waals surface area contributed by atoms with Gasteiger partial charge in [-0.3, -0.25) is 4.90 Å². The molecule has 18 heavy (non-hydrogen) atoms. The first kappa shape index (κ1) is 14.3. The summed E-state index contributed by atoms with van der Waals surface area (Å²) in [5, 5.41) is 3.62. The number of hydrogen-bond acceptors (Lipinski definition) is 3. The Balaban J connectivity index is 1.87. The molecule has 2 rings (SSSR count). The highest BCUT2D eigenvalue weighted by atomic mass is 16.5. The highest BCUT2D eigenvalue weighted by molar-refractivity contribution is 4.86. The van der Waals surface area contributed by atoms with E-state index in [1.54, 1.807) is 0 Å². The Bertz CT molecular complexity index is 239. The van der Waals surface area contributed by atoms with Crippen molar-refractivity contribution in [2.45, 2.75) is 64.6 Å². The molecule has 3 unspecified atom stereocenters. The Labute approximate surface area is 112 Å². The topological polar surface area (TPSA) is 24.5 Å². The van der Waals surface area contributed by atoms with E-state index in [0.717, 1.165) is 25.6 Å². The largest absolute Gasteiger partial charge is 0.377 e. The van der Waals surface area contributed by atoms with Crippen molar-refractivity contribution in [3.05, 3.63) is 0 Å². The summed E-state index contributed by atoms with van der Waals surface area (Å²) in [6, 6.07) is 1.32. The van der Waals surface area contributed by atoms with Gasteiger partial charge in [0.1, 0.15) is 0 Å². The molecule has 0 bridgehead atoms. The van der Waals surface area contributed by atoms with Crippen molar-refractivity contribution < 1.29 is 4.74 Å². The van der Waals surface area contributed by atoms with Gasteiger partial charge in [-0.1, -0.05) is 13.8 Å². The molecule has 3 atom stereocenters. The van der Waals surface area contributed by atoms with E-state index in [-0.39, 0.29) is 0 Å². The van der Waals surface area contributed by atoms with Crippen LogP contribution in [0.25, 0.3) is 0 Å². The predicted molar refractivity (Wildman–Crippen MR) is 75.9 cm³/mol. The smallest absolute Gasteiger partial charge is 0.0702 e. The number of nitrogens with zero attached hydrogens (tertiary/aromatic N) is 1. The van der Waals surface area contributed by atoms with E-state index in [4.69, 9.17) is 4.74 Å². The van der Waals surface area contributed by atoms with Crippen LogP contribution < -0.4 is 5.32 Å². The van der Waals surface area contributed by atoms with Crippen LogP contribution in [0.5, 0.6) is 0 Å². The quantitative estimate of drug-likeness (QED) is 0.833. The highest BCUT2D eigenvalue weighted by Crippen LogP contribution is 2.19. The summed E-state index contributed by atoms with van der Waals surface area (Å²) in [5.41, 5.74) is 0. The van der Waals surface area contributed by atoms with Crippen LogP contribution in [0.4, 0.5) is 0 Å². The van der Waals surface area contributed by atoms with Crippen LogP contribution in [0.3, 0.4) is 0 Å². The molecule has 106 valence electrons. The third kappa shape index (κ3) is 4.22. The van der Waals surface area contributed by atoms with Gasteiger partial charge >= 0.3 is 0 Å². The molecular formula is C15H30N2O. The van der Waals surface area contributed by atoms with Crippen molar-refractivity contribution in [2.24, 2.45) is 5.92 Å². The number of nitrogens with one attached hydrogen (secondary N) is 1. The van der Waals surface area contributed by atoms with Gasteiger partial charge in [-0.2, -0.15) is 0 Å². The number of rotatable bonds is 4. The van der Waals surface area contributed by atoms with Crippen LogP contribution in [0.1, 0.15) is 46.5 Å². The highest BCUT2D eigenvalue weighted by Gasteiger charge is 2.28. The fraction of sp³-hybridized carbons (Fsp3) is 1.00. The van der Waals surface area contributed by atoms with E-state index in [0.29, 0.717) is 18.2 Å². The van der Waals surface area contributed by atoms with Gasteiger partial charge < -0.3 is 10.1 Å². The Morgan fingerprint density at radius 2 is 2.17 bits per heavy atom. The van der Waals surface area contributed by atoms with E-state index < -0.39 is 0 Å². The molecule has 0 saturated carbocycles. The third-order valence-electron chi connectivity index (χ3n) is 4.18. The van der Waals surface area contributed by atoms with Crippen LogP contribution in [0, 0.1) is 5.92 Å². The Morgan fingerprint density at radius 3 is 2.83 bits per heavy atom. The van der Waals surface area contributed by atoms with Gasteiger partial charge in [-0.25, -0.2) is 0 Å². The van der Waals surface area contributed by atoms with Gasteiger partial charge in [0.05, 0.1) is 6.10 Å². The molecule has 2 aliphatic rings. The number of piperazine rings is 1. The second kappa shape index (κ2) is 6.88. The SMILES string of the molecule is CC(C)CC1CNC(C)CN1CC1CCCCO1. The maximum atomic E-state index is 5.91. The van der Waals surface area contributed by atoms with Gasteiger partial charge in [0, 0.05) is 38.3 Å². The first-order valence-electron chi connectivity index (χ1n) is 7.74. The van der Waals surface area contributed by atoms with Gasteiger partial charge in [0.25, 0.3) is 0 Å².